The van der Waals surface area contributed by atoms with Gasteiger partial charge in [0.15, 0.2) is 5.58 Å². The van der Waals surface area contributed by atoms with E-state index in [1.165, 1.54) is 43.6 Å². The van der Waals surface area contributed by atoms with Crippen LogP contribution in [0.1, 0.15) is 0 Å². The molecule has 0 spiro atoms. The molecule has 5 heteroatoms. The van der Waals surface area contributed by atoms with Gasteiger partial charge in [0.1, 0.15) is 5.52 Å². The predicted molar refractivity (Wildman–Crippen MR) is 196 cm³/mol. The van der Waals surface area contributed by atoms with Crippen LogP contribution in [-0.2, 0) is 0 Å². The SMILES string of the molecule is c1ccc2c(c1)N(c1ccc3nc(-c4ccc(-n5c6ccccc6c6ccccc65)cc4)oc3c1)c1cccc3c4ccccc4n-2c13. The van der Waals surface area contributed by atoms with Crippen LogP contribution in [0.2, 0.25) is 0 Å². The smallest absolute Gasteiger partial charge is 0.227 e. The lowest BCUT2D eigenvalue weighted by Gasteiger charge is -2.33. The number of aromatic nitrogens is 3. The predicted octanol–water partition coefficient (Wildman–Crippen LogP) is 11.5. The Bertz CT molecular complexity index is 2850. The molecule has 0 saturated carbocycles. The van der Waals surface area contributed by atoms with Crippen LogP contribution >= 0.6 is 0 Å². The van der Waals surface area contributed by atoms with Crippen LogP contribution in [0, 0.1) is 0 Å². The van der Waals surface area contributed by atoms with E-state index in [4.69, 9.17) is 9.40 Å². The first-order valence-corrected chi connectivity index (χ1v) is 16.2. The normalized spacial score (nSPS) is 12.5. The van der Waals surface area contributed by atoms with E-state index < -0.39 is 0 Å². The Kier molecular flexibility index (Phi) is 5.05. The zero-order valence-corrected chi connectivity index (χ0v) is 25.7. The Balaban J connectivity index is 1.02. The van der Waals surface area contributed by atoms with Crippen molar-refractivity contribution in [2.45, 2.75) is 0 Å². The summed E-state index contributed by atoms with van der Waals surface area (Å²) < 4.78 is 11.2. The second-order valence-electron chi connectivity index (χ2n) is 12.4. The fourth-order valence-electron chi connectivity index (χ4n) is 7.81. The third kappa shape index (κ3) is 3.42. The van der Waals surface area contributed by atoms with Gasteiger partial charge in [0, 0.05) is 38.9 Å². The number of para-hydroxylation sites is 6. The molecule has 0 atom stereocenters. The Labute approximate surface area is 275 Å². The fourth-order valence-corrected chi connectivity index (χ4v) is 7.81. The van der Waals surface area contributed by atoms with Gasteiger partial charge in [-0.1, -0.05) is 78.9 Å². The van der Waals surface area contributed by atoms with E-state index in [0.29, 0.717) is 5.89 Å². The minimum atomic E-state index is 0.609. The summed E-state index contributed by atoms with van der Waals surface area (Å²) in [5.41, 5.74) is 12.9. The maximum Gasteiger partial charge on any atom is 0.227 e. The highest BCUT2D eigenvalue weighted by Gasteiger charge is 2.28. The van der Waals surface area contributed by atoms with Crippen molar-refractivity contribution >= 4 is 71.8 Å². The summed E-state index contributed by atoms with van der Waals surface area (Å²) in [5.74, 6) is 0.609. The van der Waals surface area contributed by atoms with Crippen molar-refractivity contribution in [2.24, 2.45) is 0 Å². The minimum Gasteiger partial charge on any atom is -0.436 e. The molecular weight excluding hydrogens is 589 g/mol. The molecule has 0 N–H and O–H groups in total. The van der Waals surface area contributed by atoms with Crippen molar-refractivity contribution in [3.8, 4) is 22.8 Å². The van der Waals surface area contributed by atoms with E-state index in [1.54, 1.807) is 0 Å². The molecule has 0 amide bonds. The molecule has 7 aromatic carbocycles. The summed E-state index contributed by atoms with van der Waals surface area (Å²) in [5, 5.41) is 5.00. The second-order valence-corrected chi connectivity index (χ2v) is 12.4. The fraction of sp³-hybridized carbons (Fsp3) is 0. The van der Waals surface area contributed by atoms with Crippen LogP contribution in [0.15, 0.2) is 162 Å². The number of benzene rings is 7. The molecule has 4 heterocycles. The lowest BCUT2D eigenvalue weighted by molar-refractivity contribution is 0.620. The van der Waals surface area contributed by atoms with E-state index in [1.807, 2.05) is 0 Å². The Morgan fingerprint density at radius 3 is 1.73 bits per heavy atom. The highest BCUT2D eigenvalue weighted by atomic mass is 16.3. The van der Waals surface area contributed by atoms with Crippen molar-refractivity contribution in [1.82, 2.24) is 14.1 Å². The second kappa shape index (κ2) is 9.47. The van der Waals surface area contributed by atoms with Gasteiger partial charge in [-0.15, -0.1) is 0 Å². The standard InChI is InChI=1S/C43H26N4O/c1-4-14-35-30(10-1)31-11-2-5-15-36(31)45(35)28-22-20-27(21-23-28)43-44-34-25-24-29(26-41(34)48-43)46-38-17-7-8-18-39(38)47-37-16-6-3-12-32(37)33-13-9-19-40(46)42(33)47/h1-26H. The van der Waals surface area contributed by atoms with Crippen LogP contribution in [-0.4, -0.2) is 14.1 Å². The summed E-state index contributed by atoms with van der Waals surface area (Å²) in [4.78, 5) is 7.26. The first-order chi connectivity index (χ1) is 23.8. The van der Waals surface area contributed by atoms with Gasteiger partial charge in [-0.25, -0.2) is 4.98 Å². The van der Waals surface area contributed by atoms with Gasteiger partial charge in [0.25, 0.3) is 0 Å². The van der Waals surface area contributed by atoms with Crippen molar-refractivity contribution in [1.29, 1.82) is 0 Å². The van der Waals surface area contributed by atoms with Gasteiger partial charge in [-0.2, -0.15) is 0 Å². The molecule has 48 heavy (non-hydrogen) atoms. The molecular formula is C43H26N4O. The van der Waals surface area contributed by atoms with E-state index in [0.717, 1.165) is 45.1 Å². The van der Waals surface area contributed by atoms with Gasteiger partial charge in [-0.05, 0) is 72.8 Å². The molecule has 3 aromatic heterocycles. The monoisotopic (exact) mass is 614 g/mol. The number of hydrogen-bond acceptors (Lipinski definition) is 3. The average molecular weight is 615 g/mol. The van der Waals surface area contributed by atoms with Crippen molar-refractivity contribution in [3.05, 3.63) is 158 Å². The first kappa shape index (κ1) is 25.6. The molecule has 10 aromatic rings. The molecule has 0 saturated heterocycles. The van der Waals surface area contributed by atoms with Crippen LogP contribution in [0.25, 0.3) is 77.5 Å². The maximum atomic E-state index is 6.49. The minimum absolute atomic E-state index is 0.609. The summed E-state index contributed by atoms with van der Waals surface area (Å²) in [6, 6.07) is 55.9. The van der Waals surface area contributed by atoms with Crippen LogP contribution in [0.4, 0.5) is 17.1 Å². The topological polar surface area (TPSA) is 39.1 Å². The Morgan fingerprint density at radius 2 is 1.00 bits per heavy atom. The van der Waals surface area contributed by atoms with Crippen LogP contribution < -0.4 is 4.90 Å². The molecule has 11 rings (SSSR count). The zero-order valence-electron chi connectivity index (χ0n) is 25.7. The summed E-state index contributed by atoms with van der Waals surface area (Å²) >= 11 is 0. The Hall–Kier alpha value is -6.59. The van der Waals surface area contributed by atoms with E-state index in [9.17, 15) is 0 Å². The van der Waals surface area contributed by atoms with Gasteiger partial charge < -0.3 is 18.5 Å². The van der Waals surface area contributed by atoms with E-state index >= 15 is 0 Å². The van der Waals surface area contributed by atoms with Crippen molar-refractivity contribution < 1.29 is 4.42 Å². The van der Waals surface area contributed by atoms with Crippen molar-refractivity contribution in [3.63, 3.8) is 0 Å². The van der Waals surface area contributed by atoms with Gasteiger partial charge in [-0.3, -0.25) is 0 Å². The largest absolute Gasteiger partial charge is 0.436 e. The Morgan fingerprint density at radius 1 is 0.438 bits per heavy atom. The third-order valence-corrected chi connectivity index (χ3v) is 9.86. The highest BCUT2D eigenvalue weighted by molar-refractivity contribution is 6.16. The van der Waals surface area contributed by atoms with Crippen molar-refractivity contribution in [2.75, 3.05) is 4.90 Å². The molecule has 1 aliphatic heterocycles. The molecule has 1 aliphatic rings. The first-order valence-electron chi connectivity index (χ1n) is 16.2. The number of nitrogens with zero attached hydrogens (tertiary/aromatic N) is 4. The molecule has 224 valence electrons. The number of hydrogen-bond donors (Lipinski definition) is 0. The van der Waals surface area contributed by atoms with Gasteiger partial charge in [0.05, 0.1) is 44.8 Å². The van der Waals surface area contributed by atoms with Gasteiger partial charge in [0.2, 0.25) is 5.89 Å². The van der Waals surface area contributed by atoms with E-state index in [2.05, 4.69) is 172 Å². The van der Waals surface area contributed by atoms with Crippen LogP contribution in [0.3, 0.4) is 0 Å². The molecule has 0 fully saturated rings. The lowest BCUT2D eigenvalue weighted by atomic mass is 10.1. The summed E-state index contributed by atoms with van der Waals surface area (Å²) in [7, 11) is 0. The molecule has 5 nitrogen and oxygen atoms in total. The van der Waals surface area contributed by atoms with Crippen LogP contribution in [0.5, 0.6) is 0 Å². The summed E-state index contributed by atoms with van der Waals surface area (Å²) in [6.07, 6.45) is 0. The number of anilines is 3. The molecule has 0 unspecified atom stereocenters. The van der Waals surface area contributed by atoms with Gasteiger partial charge >= 0.3 is 0 Å². The molecule has 0 bridgehead atoms. The summed E-state index contributed by atoms with van der Waals surface area (Å²) in [6.45, 7) is 0. The number of rotatable bonds is 3. The maximum absolute atomic E-state index is 6.49. The highest BCUT2D eigenvalue weighted by Crippen LogP contribution is 2.49. The average Bonchev–Trinajstić information content (AvgIpc) is 3.83. The molecule has 0 aliphatic carbocycles. The van der Waals surface area contributed by atoms with E-state index in [-0.39, 0.29) is 0 Å². The zero-order chi connectivity index (χ0) is 31.3. The number of oxazole rings is 1. The quantitative estimate of drug-likeness (QED) is 0.199. The third-order valence-electron chi connectivity index (χ3n) is 9.86. The number of fused-ring (bicyclic) bond motifs is 9. The lowest BCUT2D eigenvalue weighted by Crippen LogP contribution is -2.17. The molecule has 0 radical (unpaired) electrons.